The lowest BCUT2D eigenvalue weighted by Gasteiger charge is -2.13. The van der Waals surface area contributed by atoms with E-state index in [4.69, 9.17) is 21.1 Å². The first-order valence-electron chi connectivity index (χ1n) is 5.78. The van der Waals surface area contributed by atoms with Crippen LogP contribution in [-0.4, -0.2) is 24.0 Å². The fourth-order valence-electron chi connectivity index (χ4n) is 1.76. The molecule has 0 fully saturated rings. The van der Waals surface area contributed by atoms with Gasteiger partial charge in [0, 0.05) is 25.9 Å². The third-order valence-electron chi connectivity index (χ3n) is 2.74. The number of nitrogens with one attached hydrogen (secondary N) is 1. The summed E-state index contributed by atoms with van der Waals surface area (Å²) in [7, 11) is 5.02. The summed E-state index contributed by atoms with van der Waals surface area (Å²) in [6.45, 7) is 0.566. The van der Waals surface area contributed by atoms with Crippen LogP contribution in [0.1, 0.15) is 5.56 Å². The van der Waals surface area contributed by atoms with Crippen LogP contribution in [0.5, 0.6) is 11.5 Å². The molecule has 1 heterocycles. The lowest BCUT2D eigenvalue weighted by molar-refractivity contribution is 0.355. The first-order valence-corrected chi connectivity index (χ1v) is 6.16. The summed E-state index contributed by atoms with van der Waals surface area (Å²) in [5.74, 6) is 1.96. The Kier molecular flexibility index (Phi) is 4.16. The Bertz CT molecular complexity index is 569. The lowest BCUT2D eigenvalue weighted by Crippen LogP contribution is -2.03. The molecule has 19 heavy (non-hydrogen) atoms. The maximum atomic E-state index is 6.29. The van der Waals surface area contributed by atoms with Crippen LogP contribution in [0.25, 0.3) is 0 Å². The first-order chi connectivity index (χ1) is 9.15. The van der Waals surface area contributed by atoms with Crippen LogP contribution in [-0.2, 0) is 13.6 Å². The Labute approximate surface area is 117 Å². The summed E-state index contributed by atoms with van der Waals surface area (Å²) < 4.78 is 12.2. The van der Waals surface area contributed by atoms with Crippen LogP contribution in [0.3, 0.4) is 0 Å². The van der Waals surface area contributed by atoms with Gasteiger partial charge in [-0.15, -0.1) is 0 Å². The van der Waals surface area contributed by atoms with E-state index in [1.165, 1.54) is 0 Å². The topological polar surface area (TPSA) is 48.3 Å². The molecule has 0 bridgehead atoms. The van der Waals surface area contributed by atoms with Crippen molar-refractivity contribution in [2.75, 3.05) is 19.5 Å². The predicted molar refractivity (Wildman–Crippen MR) is 75.1 cm³/mol. The minimum atomic E-state index is 0.546. The summed E-state index contributed by atoms with van der Waals surface area (Å²) in [4.78, 5) is 0. The van der Waals surface area contributed by atoms with E-state index in [-0.39, 0.29) is 0 Å². The zero-order chi connectivity index (χ0) is 13.8. The van der Waals surface area contributed by atoms with Crippen molar-refractivity contribution in [3.63, 3.8) is 0 Å². The predicted octanol–water partition coefficient (Wildman–Crippen LogP) is 2.70. The largest absolute Gasteiger partial charge is 0.493 e. The van der Waals surface area contributed by atoms with E-state index in [0.29, 0.717) is 23.1 Å². The smallest absolute Gasteiger partial charge is 0.179 e. The van der Waals surface area contributed by atoms with Gasteiger partial charge in [0.25, 0.3) is 0 Å². The fraction of sp³-hybridized carbons (Fsp3) is 0.308. The molecule has 2 rings (SSSR count). The number of nitrogens with zero attached hydrogens (tertiary/aromatic N) is 2. The number of rotatable bonds is 5. The van der Waals surface area contributed by atoms with Crippen molar-refractivity contribution in [3.8, 4) is 11.5 Å². The fourth-order valence-corrected chi connectivity index (χ4v) is 2.06. The highest BCUT2D eigenvalue weighted by molar-refractivity contribution is 6.33. The van der Waals surface area contributed by atoms with Gasteiger partial charge < -0.3 is 14.8 Å². The van der Waals surface area contributed by atoms with Crippen LogP contribution in [0, 0.1) is 0 Å². The van der Waals surface area contributed by atoms with Gasteiger partial charge in [0.05, 0.1) is 19.2 Å². The third kappa shape index (κ3) is 2.93. The first kappa shape index (κ1) is 13.5. The lowest BCUT2D eigenvalue weighted by atomic mass is 10.2. The number of hydrogen-bond acceptors (Lipinski definition) is 4. The van der Waals surface area contributed by atoms with E-state index < -0.39 is 0 Å². The molecule has 102 valence electrons. The molecule has 0 aliphatic rings. The summed E-state index contributed by atoms with van der Waals surface area (Å²) >= 11 is 6.29. The molecule has 0 radical (unpaired) electrons. The SMILES string of the molecule is COc1ccc(CNc2ccn(C)n2)c(Cl)c1OC. The molecule has 0 amide bonds. The second-order valence-electron chi connectivity index (χ2n) is 4.00. The maximum Gasteiger partial charge on any atom is 0.179 e. The van der Waals surface area contributed by atoms with E-state index in [1.54, 1.807) is 18.9 Å². The monoisotopic (exact) mass is 281 g/mol. The highest BCUT2D eigenvalue weighted by Gasteiger charge is 2.12. The van der Waals surface area contributed by atoms with Crippen LogP contribution < -0.4 is 14.8 Å². The van der Waals surface area contributed by atoms with Gasteiger partial charge in [0.2, 0.25) is 0 Å². The van der Waals surface area contributed by atoms with Gasteiger partial charge in [-0.2, -0.15) is 5.10 Å². The Morgan fingerprint density at radius 2 is 2.05 bits per heavy atom. The number of halogens is 1. The minimum absolute atomic E-state index is 0.546. The molecular formula is C13H16ClN3O2. The highest BCUT2D eigenvalue weighted by atomic mass is 35.5. The van der Waals surface area contributed by atoms with Crippen molar-refractivity contribution in [1.82, 2.24) is 9.78 Å². The summed E-state index contributed by atoms with van der Waals surface area (Å²) in [6.07, 6.45) is 1.87. The van der Waals surface area contributed by atoms with E-state index in [2.05, 4.69) is 10.4 Å². The number of anilines is 1. The molecule has 0 aliphatic carbocycles. The Morgan fingerprint density at radius 1 is 1.26 bits per heavy atom. The molecule has 0 aliphatic heterocycles. The normalized spacial score (nSPS) is 10.3. The summed E-state index contributed by atoms with van der Waals surface area (Å²) in [5.41, 5.74) is 0.921. The minimum Gasteiger partial charge on any atom is -0.493 e. The van der Waals surface area contributed by atoms with Crippen LogP contribution in [0.4, 0.5) is 5.82 Å². The van der Waals surface area contributed by atoms with Crippen LogP contribution >= 0.6 is 11.6 Å². The highest BCUT2D eigenvalue weighted by Crippen LogP contribution is 2.37. The molecule has 2 aromatic rings. The van der Waals surface area contributed by atoms with Crippen LogP contribution in [0.15, 0.2) is 24.4 Å². The Morgan fingerprint density at radius 3 is 2.63 bits per heavy atom. The number of aromatic nitrogens is 2. The van der Waals surface area contributed by atoms with E-state index in [0.717, 1.165) is 11.4 Å². The van der Waals surface area contributed by atoms with Gasteiger partial charge in [-0.3, -0.25) is 4.68 Å². The summed E-state index contributed by atoms with van der Waals surface area (Å²) in [5, 5.41) is 7.98. The zero-order valence-corrected chi connectivity index (χ0v) is 11.9. The molecule has 5 nitrogen and oxygen atoms in total. The average molecular weight is 282 g/mol. The number of methoxy groups -OCH3 is 2. The van der Waals surface area contributed by atoms with Crippen molar-refractivity contribution in [1.29, 1.82) is 0 Å². The average Bonchev–Trinajstić information content (AvgIpc) is 2.82. The maximum absolute atomic E-state index is 6.29. The van der Waals surface area contributed by atoms with E-state index in [1.807, 2.05) is 31.4 Å². The molecule has 1 aromatic heterocycles. The van der Waals surface area contributed by atoms with Crippen molar-refractivity contribution in [2.45, 2.75) is 6.54 Å². The molecule has 0 saturated heterocycles. The third-order valence-corrected chi connectivity index (χ3v) is 3.15. The van der Waals surface area contributed by atoms with Gasteiger partial charge in [0.1, 0.15) is 5.82 Å². The molecule has 0 atom stereocenters. The quantitative estimate of drug-likeness (QED) is 0.915. The number of benzene rings is 1. The van der Waals surface area contributed by atoms with Gasteiger partial charge in [0.15, 0.2) is 11.5 Å². The molecule has 0 spiro atoms. The molecule has 1 aromatic carbocycles. The van der Waals surface area contributed by atoms with Gasteiger partial charge in [-0.1, -0.05) is 17.7 Å². The standard InChI is InChI=1S/C13H16ClN3O2/c1-17-7-6-11(16-17)15-8-9-4-5-10(18-2)13(19-3)12(9)14/h4-7H,8H2,1-3H3,(H,15,16). The molecular weight excluding hydrogens is 266 g/mol. The van der Waals surface area contributed by atoms with E-state index in [9.17, 15) is 0 Å². The van der Waals surface area contributed by atoms with Crippen LogP contribution in [0.2, 0.25) is 5.02 Å². The second kappa shape index (κ2) is 5.84. The molecule has 0 unspecified atom stereocenters. The van der Waals surface area contributed by atoms with Gasteiger partial charge in [-0.05, 0) is 11.6 Å². The van der Waals surface area contributed by atoms with Gasteiger partial charge >= 0.3 is 0 Å². The number of aryl methyl sites for hydroxylation is 1. The van der Waals surface area contributed by atoms with Crippen molar-refractivity contribution in [2.24, 2.45) is 7.05 Å². The Hall–Kier alpha value is -1.88. The summed E-state index contributed by atoms with van der Waals surface area (Å²) in [6, 6.07) is 5.63. The van der Waals surface area contributed by atoms with Gasteiger partial charge in [-0.25, -0.2) is 0 Å². The Balaban J connectivity index is 2.16. The van der Waals surface area contributed by atoms with Crippen molar-refractivity contribution < 1.29 is 9.47 Å². The molecule has 1 N–H and O–H groups in total. The second-order valence-corrected chi connectivity index (χ2v) is 4.38. The molecule has 6 heteroatoms. The number of hydrogen-bond donors (Lipinski definition) is 1. The van der Waals surface area contributed by atoms with Crippen molar-refractivity contribution in [3.05, 3.63) is 35.0 Å². The zero-order valence-electron chi connectivity index (χ0n) is 11.1. The molecule has 0 saturated carbocycles. The van der Waals surface area contributed by atoms with Crippen molar-refractivity contribution >= 4 is 17.4 Å². The number of ether oxygens (including phenoxy) is 2. The van der Waals surface area contributed by atoms with E-state index >= 15 is 0 Å².